The Labute approximate surface area is 211 Å². The van der Waals surface area contributed by atoms with Gasteiger partial charge in [0.2, 0.25) is 0 Å². The molecule has 7 nitrogen and oxygen atoms in total. The van der Waals surface area contributed by atoms with E-state index in [-0.39, 0.29) is 22.8 Å². The molecule has 1 amide bonds. The first-order chi connectivity index (χ1) is 18.0. The summed E-state index contributed by atoms with van der Waals surface area (Å²) in [6, 6.07) is 10.9. The molecule has 2 aromatic heterocycles. The lowest BCUT2D eigenvalue weighted by Crippen LogP contribution is -2.36. The van der Waals surface area contributed by atoms with E-state index in [2.05, 4.69) is 9.30 Å². The average molecular weight is 508 g/mol. The third-order valence-electron chi connectivity index (χ3n) is 7.33. The Morgan fingerprint density at radius 3 is 2.46 bits per heavy atom. The van der Waals surface area contributed by atoms with Crippen LogP contribution in [0.4, 0.5) is 8.78 Å². The van der Waals surface area contributed by atoms with E-state index in [4.69, 9.17) is 4.74 Å². The Hall–Kier alpha value is -3.88. The van der Waals surface area contributed by atoms with Crippen molar-refractivity contribution in [1.82, 2.24) is 14.0 Å². The number of nitrogens with zero attached hydrogens (tertiary/aromatic N) is 3. The van der Waals surface area contributed by atoms with Crippen LogP contribution < -0.4 is 15.0 Å². The second-order valence-electron chi connectivity index (χ2n) is 9.66. The van der Waals surface area contributed by atoms with Crippen LogP contribution in [0, 0.1) is 0 Å². The number of benzene rings is 2. The van der Waals surface area contributed by atoms with Crippen LogP contribution in [0.3, 0.4) is 0 Å². The molecule has 3 heterocycles. The summed E-state index contributed by atoms with van der Waals surface area (Å²) in [6.07, 6.45) is 8.72. The maximum absolute atomic E-state index is 13.9. The summed E-state index contributed by atoms with van der Waals surface area (Å²) >= 11 is 0. The Morgan fingerprint density at radius 1 is 1.00 bits per heavy atom. The Kier molecular flexibility index (Phi) is 5.85. The van der Waals surface area contributed by atoms with E-state index in [1.807, 2.05) is 30.5 Å². The highest BCUT2D eigenvalue weighted by atomic mass is 19.3. The first kappa shape index (κ1) is 23.5. The molecule has 2 aliphatic rings. The molecule has 1 saturated heterocycles. The van der Waals surface area contributed by atoms with Crippen molar-refractivity contribution in [2.45, 2.75) is 44.8 Å². The van der Waals surface area contributed by atoms with Gasteiger partial charge in [0, 0.05) is 42.3 Å². The highest BCUT2D eigenvalue weighted by Crippen LogP contribution is 2.39. The van der Waals surface area contributed by atoms with Gasteiger partial charge in [-0.25, -0.2) is 0 Å². The third-order valence-corrected chi connectivity index (χ3v) is 7.33. The number of hydrogen-bond acceptors (Lipinski definition) is 4. The van der Waals surface area contributed by atoms with E-state index in [0.717, 1.165) is 43.0 Å². The zero-order valence-electron chi connectivity index (χ0n) is 20.5. The predicted octanol–water partition coefficient (Wildman–Crippen LogP) is 5.52. The number of methoxy groups -OCH3 is 1. The molecular formula is C28H27F2N3O4. The van der Waals surface area contributed by atoms with Gasteiger partial charge in [-0.3, -0.25) is 14.2 Å². The number of hydrogen-bond donors (Lipinski definition) is 0. The molecule has 9 heteroatoms. The Bertz CT molecular complexity index is 1570. The monoisotopic (exact) mass is 507 g/mol. The number of rotatable bonds is 6. The second-order valence-corrected chi connectivity index (χ2v) is 9.66. The van der Waals surface area contributed by atoms with Crippen molar-refractivity contribution in [3.8, 4) is 17.2 Å². The minimum Gasteiger partial charge on any atom is -0.493 e. The number of carbonyl (C=O) groups is 1. The van der Waals surface area contributed by atoms with Gasteiger partial charge in [0.15, 0.2) is 11.5 Å². The normalized spacial score (nSPS) is 16.1. The number of aromatic nitrogens is 2. The third kappa shape index (κ3) is 4.12. The number of ether oxygens (including phenoxy) is 2. The van der Waals surface area contributed by atoms with Gasteiger partial charge in [0.05, 0.1) is 29.3 Å². The van der Waals surface area contributed by atoms with Gasteiger partial charge in [-0.2, -0.15) is 8.78 Å². The fourth-order valence-electron chi connectivity index (χ4n) is 5.36. The molecule has 0 bridgehead atoms. The Balaban J connectivity index is 1.61. The topological polar surface area (TPSA) is 65.7 Å². The minimum absolute atomic E-state index is 0.0289. The van der Waals surface area contributed by atoms with E-state index >= 15 is 0 Å². The van der Waals surface area contributed by atoms with Crippen molar-refractivity contribution in [3.05, 3.63) is 64.7 Å². The molecule has 0 atom stereocenters. The first-order valence-electron chi connectivity index (χ1n) is 12.6. The summed E-state index contributed by atoms with van der Waals surface area (Å²) in [4.78, 5) is 29.4. The maximum atomic E-state index is 13.9. The van der Waals surface area contributed by atoms with Crippen LogP contribution in [0.5, 0.6) is 11.5 Å². The fourth-order valence-corrected chi connectivity index (χ4v) is 5.36. The largest absolute Gasteiger partial charge is 0.493 e. The standard InChI is InChI=1S/C28H27F2N3O4/c1-36-24-14-19-20(15-25(24)37-28(29)30)27(35)33(16-21(19)26(34)31-11-3-2-4-12-31)23-7-5-6-22-18(23)10-13-32(22)17-8-9-17/h5-7,10,13-17,28H,2-4,8-9,11-12H2,1H3. The number of alkyl halides is 2. The van der Waals surface area contributed by atoms with Crippen molar-refractivity contribution in [2.24, 2.45) is 0 Å². The molecular weight excluding hydrogens is 480 g/mol. The molecule has 2 fully saturated rings. The molecule has 1 saturated carbocycles. The smallest absolute Gasteiger partial charge is 0.387 e. The van der Waals surface area contributed by atoms with Crippen molar-refractivity contribution >= 4 is 27.6 Å². The number of piperidine rings is 1. The van der Waals surface area contributed by atoms with Gasteiger partial charge in [-0.1, -0.05) is 6.07 Å². The predicted molar refractivity (Wildman–Crippen MR) is 136 cm³/mol. The molecule has 0 unspecified atom stereocenters. The van der Waals surface area contributed by atoms with Gasteiger partial charge >= 0.3 is 6.61 Å². The molecule has 37 heavy (non-hydrogen) atoms. The molecule has 0 N–H and O–H groups in total. The SMILES string of the molecule is COc1cc2c(C(=O)N3CCCCC3)cn(-c3cccc4c3ccn4C3CC3)c(=O)c2cc1OC(F)F. The maximum Gasteiger partial charge on any atom is 0.387 e. The zero-order valence-corrected chi connectivity index (χ0v) is 20.5. The van der Waals surface area contributed by atoms with Crippen LogP contribution >= 0.6 is 0 Å². The first-order valence-corrected chi connectivity index (χ1v) is 12.6. The fraction of sp³-hybridized carbons (Fsp3) is 0.357. The van der Waals surface area contributed by atoms with Gasteiger partial charge in [-0.15, -0.1) is 0 Å². The minimum atomic E-state index is -3.09. The van der Waals surface area contributed by atoms with E-state index in [1.54, 1.807) is 11.1 Å². The zero-order chi connectivity index (χ0) is 25.7. The van der Waals surface area contributed by atoms with Crippen molar-refractivity contribution in [1.29, 1.82) is 0 Å². The van der Waals surface area contributed by atoms with Gasteiger partial charge in [0.1, 0.15) is 0 Å². The van der Waals surface area contributed by atoms with Crippen LogP contribution in [-0.4, -0.2) is 46.8 Å². The lowest BCUT2D eigenvalue weighted by Gasteiger charge is -2.27. The van der Waals surface area contributed by atoms with Gasteiger partial charge < -0.3 is 18.9 Å². The highest BCUT2D eigenvalue weighted by molar-refractivity contribution is 6.07. The average Bonchev–Trinajstić information content (AvgIpc) is 3.66. The summed E-state index contributed by atoms with van der Waals surface area (Å²) in [6.45, 7) is -1.84. The number of fused-ring (bicyclic) bond motifs is 2. The number of likely N-dealkylation sites (tertiary alicyclic amines) is 1. The molecule has 2 aromatic carbocycles. The summed E-state index contributed by atoms with van der Waals surface area (Å²) in [5.41, 5.74) is 1.52. The summed E-state index contributed by atoms with van der Waals surface area (Å²) < 4.78 is 39.9. The number of halogens is 2. The van der Waals surface area contributed by atoms with Crippen LogP contribution in [0.15, 0.2) is 53.6 Å². The van der Waals surface area contributed by atoms with Crippen LogP contribution in [0.25, 0.3) is 27.4 Å². The van der Waals surface area contributed by atoms with Crippen LogP contribution in [-0.2, 0) is 0 Å². The molecule has 192 valence electrons. The quantitative estimate of drug-likeness (QED) is 0.345. The summed E-state index contributed by atoms with van der Waals surface area (Å²) in [5, 5.41) is 1.33. The van der Waals surface area contributed by atoms with E-state index < -0.39 is 12.2 Å². The number of amides is 1. The molecule has 4 aromatic rings. The van der Waals surface area contributed by atoms with Crippen molar-refractivity contribution < 1.29 is 23.0 Å². The molecule has 6 rings (SSSR count). The van der Waals surface area contributed by atoms with Crippen LogP contribution in [0.1, 0.15) is 48.5 Å². The highest BCUT2D eigenvalue weighted by Gasteiger charge is 2.27. The van der Waals surface area contributed by atoms with Gasteiger partial charge in [-0.05, 0) is 62.4 Å². The van der Waals surface area contributed by atoms with Crippen molar-refractivity contribution in [2.75, 3.05) is 20.2 Å². The number of pyridine rings is 1. The lowest BCUT2D eigenvalue weighted by molar-refractivity contribution is -0.0511. The molecule has 1 aliphatic heterocycles. The number of carbonyl (C=O) groups excluding carboxylic acids is 1. The summed E-state index contributed by atoms with van der Waals surface area (Å²) in [5.74, 6) is -0.429. The van der Waals surface area contributed by atoms with E-state index in [0.29, 0.717) is 35.8 Å². The molecule has 1 aliphatic carbocycles. The van der Waals surface area contributed by atoms with E-state index in [1.165, 1.54) is 23.8 Å². The van der Waals surface area contributed by atoms with Crippen molar-refractivity contribution in [3.63, 3.8) is 0 Å². The lowest BCUT2D eigenvalue weighted by atomic mass is 10.0. The van der Waals surface area contributed by atoms with E-state index in [9.17, 15) is 18.4 Å². The molecule has 0 radical (unpaired) electrons. The van der Waals surface area contributed by atoms with Gasteiger partial charge in [0.25, 0.3) is 11.5 Å². The molecule has 0 spiro atoms. The second kappa shape index (κ2) is 9.21. The Morgan fingerprint density at radius 2 is 1.76 bits per heavy atom. The van der Waals surface area contributed by atoms with Crippen LogP contribution in [0.2, 0.25) is 0 Å². The summed E-state index contributed by atoms with van der Waals surface area (Å²) in [7, 11) is 1.33.